The zero-order valence-electron chi connectivity index (χ0n) is 27.4. The molecule has 0 bridgehead atoms. The average Bonchev–Trinajstić information content (AvgIpc) is 3.48. The minimum Gasteiger partial charge on any atom is -0.444 e. The maximum atomic E-state index is 14.5. The Bertz CT molecular complexity index is 1510. The third-order valence-corrected chi connectivity index (χ3v) is 9.22. The van der Waals surface area contributed by atoms with Crippen molar-refractivity contribution in [2.45, 2.75) is 91.3 Å². The number of fused-ring (bicyclic) bond motifs is 1. The van der Waals surface area contributed by atoms with Gasteiger partial charge in [-0.3, -0.25) is 9.78 Å². The predicted molar refractivity (Wildman–Crippen MR) is 172 cm³/mol. The molecule has 0 N–H and O–H groups in total. The molecule has 2 aliphatic heterocycles. The minimum absolute atomic E-state index is 0.0151. The molecule has 9 heteroatoms. The Balaban J connectivity index is 1.35. The molecule has 5 rings (SSSR count). The van der Waals surface area contributed by atoms with E-state index in [9.17, 15) is 14.0 Å². The van der Waals surface area contributed by atoms with Gasteiger partial charge in [0, 0.05) is 56.5 Å². The number of likely N-dealkylation sites (tertiary alicyclic amines) is 2. The van der Waals surface area contributed by atoms with Crippen LogP contribution in [0.2, 0.25) is 0 Å². The summed E-state index contributed by atoms with van der Waals surface area (Å²) in [7, 11) is 1.75. The van der Waals surface area contributed by atoms with Crippen molar-refractivity contribution in [3.8, 4) is 5.69 Å². The van der Waals surface area contributed by atoms with E-state index in [1.54, 1.807) is 18.0 Å². The number of aryl methyl sites for hydroxylation is 1. The van der Waals surface area contributed by atoms with E-state index in [4.69, 9.17) is 4.74 Å². The van der Waals surface area contributed by atoms with Crippen LogP contribution in [0.15, 0.2) is 36.8 Å². The van der Waals surface area contributed by atoms with E-state index < -0.39 is 11.4 Å². The van der Waals surface area contributed by atoms with Crippen molar-refractivity contribution < 1.29 is 18.7 Å². The molecule has 2 amide bonds. The molecule has 2 aromatic heterocycles. The van der Waals surface area contributed by atoms with Gasteiger partial charge in [0.2, 0.25) is 0 Å². The van der Waals surface area contributed by atoms with Crippen LogP contribution in [0.4, 0.5) is 9.18 Å². The summed E-state index contributed by atoms with van der Waals surface area (Å²) < 4.78 is 22.1. The van der Waals surface area contributed by atoms with Gasteiger partial charge >= 0.3 is 6.09 Å². The van der Waals surface area contributed by atoms with Crippen molar-refractivity contribution in [1.29, 1.82) is 0 Å². The Kier molecular flexibility index (Phi) is 9.35. The normalized spacial score (nSPS) is 19.9. The van der Waals surface area contributed by atoms with Crippen LogP contribution >= 0.6 is 0 Å². The number of carbonyl (C=O) groups is 2. The summed E-state index contributed by atoms with van der Waals surface area (Å²) in [6.45, 7) is 15.3. The highest BCUT2D eigenvalue weighted by molar-refractivity contribution is 5.99. The summed E-state index contributed by atoms with van der Waals surface area (Å²) in [6, 6.07) is 4.91. The molecule has 0 aliphatic carbocycles. The molecule has 0 spiro atoms. The summed E-state index contributed by atoms with van der Waals surface area (Å²) in [4.78, 5) is 36.7. The standard InChI is InChI=1S/C35H48FN5O3/c1-23(2)38(7)33(42)29-18-27(36)10-11-30(29)41-22-26(32-24(3)19-37-20-31(32)41)17-25-12-15-40(21-25)28-9-8-14-39(16-13-28)34(43)44-35(4,5)6/h10-11,18-20,22-23,25,28H,8-9,12-17,21H2,1-7H3/t25-,28?/m1/s1. The number of ether oxygens (including phenoxy) is 1. The number of benzene rings is 1. The van der Waals surface area contributed by atoms with E-state index in [0.717, 1.165) is 74.7 Å². The number of aromatic nitrogens is 2. The highest BCUT2D eigenvalue weighted by atomic mass is 19.1. The second-order valence-electron chi connectivity index (χ2n) is 14.0. The molecule has 4 heterocycles. The number of hydrogen-bond donors (Lipinski definition) is 0. The third kappa shape index (κ3) is 6.93. The first-order chi connectivity index (χ1) is 20.8. The number of carbonyl (C=O) groups excluding carboxylic acids is 2. The molecule has 0 saturated carbocycles. The zero-order valence-corrected chi connectivity index (χ0v) is 27.4. The fraction of sp³-hybridized carbons (Fsp3) is 0.571. The lowest BCUT2D eigenvalue weighted by atomic mass is 9.97. The van der Waals surface area contributed by atoms with Crippen LogP contribution in [0, 0.1) is 18.7 Å². The maximum absolute atomic E-state index is 14.5. The van der Waals surface area contributed by atoms with Crippen molar-refractivity contribution in [1.82, 2.24) is 24.3 Å². The largest absolute Gasteiger partial charge is 0.444 e. The Labute approximate surface area is 261 Å². The van der Waals surface area contributed by atoms with Gasteiger partial charge in [0.15, 0.2) is 0 Å². The number of halogens is 1. The van der Waals surface area contributed by atoms with Crippen LogP contribution in [-0.2, 0) is 11.2 Å². The van der Waals surface area contributed by atoms with Gasteiger partial charge in [-0.05, 0) is 115 Å². The van der Waals surface area contributed by atoms with Crippen LogP contribution in [0.25, 0.3) is 16.6 Å². The molecule has 2 aliphatic rings. The second-order valence-corrected chi connectivity index (χ2v) is 14.0. The fourth-order valence-corrected chi connectivity index (χ4v) is 6.73. The molecule has 2 fully saturated rings. The van der Waals surface area contributed by atoms with Gasteiger partial charge in [-0.15, -0.1) is 0 Å². The van der Waals surface area contributed by atoms with Crippen LogP contribution in [0.3, 0.4) is 0 Å². The Morgan fingerprint density at radius 3 is 2.61 bits per heavy atom. The summed E-state index contributed by atoms with van der Waals surface area (Å²) in [5.41, 5.74) is 3.75. The lowest BCUT2D eigenvalue weighted by Crippen LogP contribution is -2.38. The van der Waals surface area contributed by atoms with Gasteiger partial charge in [-0.1, -0.05) is 0 Å². The van der Waals surface area contributed by atoms with Gasteiger partial charge in [0.1, 0.15) is 11.4 Å². The first kappa shape index (κ1) is 31.9. The Hall–Kier alpha value is -3.46. The first-order valence-electron chi connectivity index (χ1n) is 16.1. The third-order valence-electron chi connectivity index (χ3n) is 9.22. The predicted octanol–water partition coefficient (Wildman–Crippen LogP) is 6.61. The van der Waals surface area contributed by atoms with Crippen LogP contribution in [-0.4, -0.2) is 87.2 Å². The van der Waals surface area contributed by atoms with Crippen LogP contribution in [0.1, 0.15) is 81.8 Å². The molecule has 1 aromatic carbocycles. The van der Waals surface area contributed by atoms with Crippen molar-refractivity contribution in [3.63, 3.8) is 0 Å². The smallest absolute Gasteiger partial charge is 0.410 e. The van der Waals surface area contributed by atoms with Gasteiger partial charge in [-0.25, -0.2) is 9.18 Å². The van der Waals surface area contributed by atoms with E-state index in [1.807, 2.05) is 56.5 Å². The van der Waals surface area contributed by atoms with Gasteiger partial charge < -0.3 is 24.0 Å². The van der Waals surface area contributed by atoms with Crippen molar-refractivity contribution in [2.75, 3.05) is 33.2 Å². The monoisotopic (exact) mass is 605 g/mol. The van der Waals surface area contributed by atoms with E-state index >= 15 is 0 Å². The van der Waals surface area contributed by atoms with E-state index in [0.29, 0.717) is 23.2 Å². The summed E-state index contributed by atoms with van der Waals surface area (Å²) in [5.74, 6) is -0.147. The number of rotatable bonds is 6. The molecule has 2 saturated heterocycles. The highest BCUT2D eigenvalue weighted by Gasteiger charge is 2.32. The number of pyridine rings is 1. The SMILES string of the molecule is Cc1cncc2c1c(C[C@H]1CCN(C3CCCN(C(=O)OC(C)(C)C)CC3)C1)cn2-c1ccc(F)cc1C(=O)N(C)C(C)C. The van der Waals surface area contributed by atoms with Gasteiger partial charge in [0.25, 0.3) is 5.91 Å². The minimum atomic E-state index is -0.485. The highest BCUT2D eigenvalue weighted by Crippen LogP contribution is 2.34. The molecule has 2 atom stereocenters. The molecule has 8 nitrogen and oxygen atoms in total. The number of hydrogen-bond acceptors (Lipinski definition) is 5. The van der Waals surface area contributed by atoms with Crippen molar-refractivity contribution in [3.05, 3.63) is 59.3 Å². The lowest BCUT2D eigenvalue weighted by Gasteiger charge is -2.28. The van der Waals surface area contributed by atoms with E-state index in [-0.39, 0.29) is 18.0 Å². The number of amides is 2. The topological polar surface area (TPSA) is 70.9 Å². The Morgan fingerprint density at radius 2 is 1.89 bits per heavy atom. The van der Waals surface area contributed by atoms with Gasteiger partial charge in [0.05, 0.1) is 23.0 Å². The van der Waals surface area contributed by atoms with Crippen molar-refractivity contribution >= 4 is 22.9 Å². The van der Waals surface area contributed by atoms with Crippen LogP contribution < -0.4 is 0 Å². The van der Waals surface area contributed by atoms with E-state index in [1.165, 1.54) is 17.7 Å². The summed E-state index contributed by atoms with van der Waals surface area (Å²) >= 11 is 0. The molecule has 238 valence electrons. The molecule has 1 unspecified atom stereocenters. The van der Waals surface area contributed by atoms with Gasteiger partial charge in [-0.2, -0.15) is 0 Å². The van der Waals surface area contributed by atoms with Crippen molar-refractivity contribution in [2.24, 2.45) is 5.92 Å². The zero-order chi connectivity index (χ0) is 31.8. The maximum Gasteiger partial charge on any atom is 0.410 e. The molecule has 3 aromatic rings. The number of nitrogens with zero attached hydrogens (tertiary/aromatic N) is 5. The lowest BCUT2D eigenvalue weighted by molar-refractivity contribution is 0.0253. The second kappa shape index (κ2) is 12.9. The summed E-state index contributed by atoms with van der Waals surface area (Å²) in [6.07, 6.45) is 10.7. The first-order valence-corrected chi connectivity index (χ1v) is 16.1. The molecular formula is C35H48FN5O3. The quantitative estimate of drug-likeness (QED) is 0.316. The van der Waals surface area contributed by atoms with E-state index in [2.05, 4.69) is 23.0 Å². The Morgan fingerprint density at radius 1 is 1.11 bits per heavy atom. The molecular weight excluding hydrogens is 557 g/mol. The molecule has 0 radical (unpaired) electrons. The van der Waals surface area contributed by atoms with Crippen LogP contribution in [0.5, 0.6) is 0 Å². The summed E-state index contributed by atoms with van der Waals surface area (Å²) in [5, 5.41) is 1.15. The average molecular weight is 606 g/mol. The fourth-order valence-electron chi connectivity index (χ4n) is 6.73. The molecule has 44 heavy (non-hydrogen) atoms.